The lowest BCUT2D eigenvalue weighted by atomic mass is 10.2. The van der Waals surface area contributed by atoms with Crippen LogP contribution in [0.1, 0.15) is 13.8 Å². The molecular weight excluding hydrogens is 244 g/mol. The number of urea groups is 1. The standard InChI is InChI=1S/C14H22N2O3/c1-11(2)10-16-14(17)15-8-9-19-13-6-4-12(18-3)5-7-13/h4-7,11H,8-10H2,1-3H3,(H2,15,16,17). The van der Waals surface area contributed by atoms with E-state index in [4.69, 9.17) is 9.47 Å². The second-order valence-corrected chi connectivity index (χ2v) is 4.55. The number of amides is 2. The Morgan fingerprint density at radius 3 is 2.37 bits per heavy atom. The second kappa shape index (κ2) is 8.24. The molecule has 0 aliphatic heterocycles. The molecule has 2 N–H and O–H groups in total. The highest BCUT2D eigenvalue weighted by Gasteiger charge is 2.01. The van der Waals surface area contributed by atoms with E-state index in [9.17, 15) is 4.79 Å². The monoisotopic (exact) mass is 266 g/mol. The van der Waals surface area contributed by atoms with Crippen LogP contribution in [0.15, 0.2) is 24.3 Å². The summed E-state index contributed by atoms with van der Waals surface area (Å²) < 4.78 is 10.5. The maximum absolute atomic E-state index is 11.3. The van der Waals surface area contributed by atoms with Crippen molar-refractivity contribution in [1.29, 1.82) is 0 Å². The molecule has 0 aliphatic carbocycles. The zero-order valence-electron chi connectivity index (χ0n) is 11.7. The summed E-state index contributed by atoms with van der Waals surface area (Å²) in [6, 6.07) is 7.16. The molecule has 0 aliphatic rings. The van der Waals surface area contributed by atoms with Gasteiger partial charge in [-0.1, -0.05) is 13.8 Å². The summed E-state index contributed by atoms with van der Waals surface area (Å²) in [5, 5.41) is 5.50. The number of hydrogen-bond donors (Lipinski definition) is 2. The maximum atomic E-state index is 11.3. The number of carbonyl (C=O) groups is 1. The predicted octanol–water partition coefficient (Wildman–Crippen LogP) is 2.03. The molecule has 0 heterocycles. The van der Waals surface area contributed by atoms with E-state index in [0.717, 1.165) is 11.5 Å². The van der Waals surface area contributed by atoms with Crippen molar-refractivity contribution in [2.75, 3.05) is 26.8 Å². The number of methoxy groups -OCH3 is 1. The summed E-state index contributed by atoms with van der Waals surface area (Å²) in [6.07, 6.45) is 0. The first-order valence-electron chi connectivity index (χ1n) is 6.40. The van der Waals surface area contributed by atoms with Crippen LogP contribution in [0.5, 0.6) is 11.5 Å². The van der Waals surface area contributed by atoms with E-state index in [0.29, 0.717) is 25.6 Å². The van der Waals surface area contributed by atoms with Crippen LogP contribution in [0.25, 0.3) is 0 Å². The molecule has 0 atom stereocenters. The molecule has 106 valence electrons. The lowest BCUT2D eigenvalue weighted by Crippen LogP contribution is -2.39. The first-order valence-corrected chi connectivity index (χ1v) is 6.40. The molecule has 0 spiro atoms. The summed E-state index contributed by atoms with van der Waals surface area (Å²) in [5.74, 6) is 1.99. The van der Waals surface area contributed by atoms with Crippen LogP contribution in [-0.4, -0.2) is 32.8 Å². The quantitative estimate of drug-likeness (QED) is 0.742. The molecule has 5 heteroatoms. The van der Waals surface area contributed by atoms with Gasteiger partial charge in [-0.3, -0.25) is 0 Å². The van der Waals surface area contributed by atoms with Crippen molar-refractivity contribution in [3.8, 4) is 11.5 Å². The first-order chi connectivity index (χ1) is 9.11. The van der Waals surface area contributed by atoms with Gasteiger partial charge in [0.1, 0.15) is 18.1 Å². The van der Waals surface area contributed by atoms with E-state index >= 15 is 0 Å². The molecule has 1 aromatic rings. The SMILES string of the molecule is COc1ccc(OCCNC(=O)NCC(C)C)cc1. The molecule has 1 aromatic carbocycles. The van der Waals surface area contributed by atoms with Gasteiger partial charge < -0.3 is 20.1 Å². The van der Waals surface area contributed by atoms with E-state index < -0.39 is 0 Å². The summed E-state index contributed by atoms with van der Waals surface area (Å²) in [5.41, 5.74) is 0. The van der Waals surface area contributed by atoms with Crippen LogP contribution in [-0.2, 0) is 0 Å². The molecule has 0 saturated heterocycles. The summed E-state index contributed by atoms with van der Waals surface area (Å²) in [4.78, 5) is 11.3. The number of benzene rings is 1. The number of nitrogens with one attached hydrogen (secondary N) is 2. The predicted molar refractivity (Wildman–Crippen MR) is 74.7 cm³/mol. The Kier molecular flexibility index (Phi) is 6.57. The van der Waals surface area contributed by atoms with Crippen molar-refractivity contribution in [3.63, 3.8) is 0 Å². The summed E-state index contributed by atoms with van der Waals surface area (Å²) >= 11 is 0. The molecule has 5 nitrogen and oxygen atoms in total. The van der Waals surface area contributed by atoms with Crippen LogP contribution in [0, 0.1) is 5.92 Å². The lowest BCUT2D eigenvalue weighted by molar-refractivity contribution is 0.235. The summed E-state index contributed by atoms with van der Waals surface area (Å²) in [7, 11) is 1.62. The van der Waals surface area contributed by atoms with E-state index in [1.54, 1.807) is 7.11 Å². The summed E-state index contributed by atoms with van der Waals surface area (Å²) in [6.45, 7) is 5.67. The lowest BCUT2D eigenvalue weighted by Gasteiger charge is -2.10. The smallest absolute Gasteiger partial charge is 0.314 e. The zero-order valence-corrected chi connectivity index (χ0v) is 11.7. The maximum Gasteiger partial charge on any atom is 0.314 e. The fourth-order valence-corrected chi connectivity index (χ4v) is 1.36. The highest BCUT2D eigenvalue weighted by Crippen LogP contribution is 2.16. The highest BCUT2D eigenvalue weighted by molar-refractivity contribution is 5.73. The van der Waals surface area contributed by atoms with Gasteiger partial charge >= 0.3 is 6.03 Å². The van der Waals surface area contributed by atoms with Gasteiger partial charge in [-0.25, -0.2) is 4.79 Å². The van der Waals surface area contributed by atoms with E-state index in [1.165, 1.54) is 0 Å². The average Bonchev–Trinajstić information content (AvgIpc) is 2.42. The second-order valence-electron chi connectivity index (χ2n) is 4.55. The van der Waals surface area contributed by atoms with Crippen molar-refractivity contribution in [2.24, 2.45) is 5.92 Å². The van der Waals surface area contributed by atoms with E-state index in [1.807, 2.05) is 38.1 Å². The van der Waals surface area contributed by atoms with Crippen LogP contribution in [0.4, 0.5) is 4.79 Å². The minimum absolute atomic E-state index is 0.160. The normalized spacial score (nSPS) is 10.1. The molecule has 0 radical (unpaired) electrons. The van der Waals surface area contributed by atoms with Gasteiger partial charge in [-0.2, -0.15) is 0 Å². The Hall–Kier alpha value is -1.91. The third kappa shape index (κ3) is 6.55. The van der Waals surface area contributed by atoms with Gasteiger partial charge in [0.15, 0.2) is 0 Å². The van der Waals surface area contributed by atoms with Gasteiger partial charge in [-0.15, -0.1) is 0 Å². The van der Waals surface area contributed by atoms with Crippen LogP contribution in [0.3, 0.4) is 0 Å². The van der Waals surface area contributed by atoms with Crippen LogP contribution in [0.2, 0.25) is 0 Å². The van der Waals surface area contributed by atoms with E-state index in [2.05, 4.69) is 10.6 Å². The van der Waals surface area contributed by atoms with Crippen molar-refractivity contribution >= 4 is 6.03 Å². The molecule has 2 amide bonds. The first kappa shape index (κ1) is 15.1. The van der Waals surface area contributed by atoms with Crippen molar-refractivity contribution in [3.05, 3.63) is 24.3 Å². The molecule has 0 unspecified atom stereocenters. The van der Waals surface area contributed by atoms with Gasteiger partial charge in [0.25, 0.3) is 0 Å². The van der Waals surface area contributed by atoms with Crippen molar-refractivity contribution in [2.45, 2.75) is 13.8 Å². The highest BCUT2D eigenvalue weighted by atomic mass is 16.5. The Bertz CT molecular complexity index is 377. The molecule has 0 aromatic heterocycles. The Morgan fingerprint density at radius 2 is 1.79 bits per heavy atom. The minimum Gasteiger partial charge on any atom is -0.497 e. The molecule has 19 heavy (non-hydrogen) atoms. The topological polar surface area (TPSA) is 59.6 Å². The largest absolute Gasteiger partial charge is 0.497 e. The van der Waals surface area contributed by atoms with Gasteiger partial charge in [-0.05, 0) is 30.2 Å². The zero-order chi connectivity index (χ0) is 14.1. The fourth-order valence-electron chi connectivity index (χ4n) is 1.36. The van der Waals surface area contributed by atoms with Gasteiger partial charge in [0.05, 0.1) is 13.7 Å². The van der Waals surface area contributed by atoms with Gasteiger partial charge in [0, 0.05) is 6.54 Å². The molecule has 0 saturated carbocycles. The van der Waals surface area contributed by atoms with Crippen LogP contribution < -0.4 is 20.1 Å². The third-order valence-electron chi connectivity index (χ3n) is 2.39. The Balaban J connectivity index is 2.14. The fraction of sp³-hybridized carbons (Fsp3) is 0.500. The number of rotatable bonds is 7. The number of ether oxygens (including phenoxy) is 2. The molecule has 0 fully saturated rings. The number of hydrogen-bond acceptors (Lipinski definition) is 3. The molecule has 1 rings (SSSR count). The van der Waals surface area contributed by atoms with Crippen molar-refractivity contribution < 1.29 is 14.3 Å². The van der Waals surface area contributed by atoms with Gasteiger partial charge in [0.2, 0.25) is 0 Å². The third-order valence-corrected chi connectivity index (χ3v) is 2.39. The average molecular weight is 266 g/mol. The molecular formula is C14H22N2O3. The van der Waals surface area contributed by atoms with E-state index in [-0.39, 0.29) is 6.03 Å². The number of carbonyl (C=O) groups excluding carboxylic acids is 1. The molecule has 0 bridgehead atoms. The Morgan fingerprint density at radius 1 is 1.16 bits per heavy atom. The Labute approximate surface area is 114 Å². The minimum atomic E-state index is -0.160. The van der Waals surface area contributed by atoms with Crippen LogP contribution >= 0.6 is 0 Å². The van der Waals surface area contributed by atoms with Crippen molar-refractivity contribution in [1.82, 2.24) is 10.6 Å².